The first-order valence-corrected chi connectivity index (χ1v) is 3.43. The molecule has 0 unspecified atom stereocenters. The Morgan fingerprint density at radius 2 is 2.45 bits per heavy atom. The van der Waals surface area contributed by atoms with Gasteiger partial charge in [0.25, 0.3) is 0 Å². The van der Waals surface area contributed by atoms with Gasteiger partial charge in [0.2, 0.25) is 0 Å². The zero-order valence-electron chi connectivity index (χ0n) is 5.87. The molecule has 0 saturated heterocycles. The van der Waals surface area contributed by atoms with Gasteiger partial charge in [-0.1, -0.05) is 16.6 Å². The fourth-order valence-electron chi connectivity index (χ4n) is 1.10. The highest BCUT2D eigenvalue weighted by Crippen LogP contribution is 2.22. The second kappa shape index (κ2) is 2.34. The van der Waals surface area contributed by atoms with E-state index in [4.69, 9.17) is 0 Å². The molecule has 0 bridgehead atoms. The van der Waals surface area contributed by atoms with Crippen LogP contribution in [0.1, 0.15) is 5.56 Å². The Kier molecular flexibility index (Phi) is 1.35. The first-order valence-electron chi connectivity index (χ1n) is 3.43. The third kappa shape index (κ3) is 0.981. The quantitative estimate of drug-likeness (QED) is 0.524. The fourth-order valence-corrected chi connectivity index (χ4v) is 1.10. The summed E-state index contributed by atoms with van der Waals surface area (Å²) in [4.78, 5) is 3.90. The van der Waals surface area contributed by atoms with Crippen molar-refractivity contribution < 1.29 is 4.48 Å². The molecule has 1 aliphatic rings. The molecule has 11 heavy (non-hydrogen) atoms. The number of fused-ring (bicyclic) bond motifs is 1. The van der Waals surface area contributed by atoms with Crippen LogP contribution in [0.4, 0.5) is 10.3 Å². The SMILES string of the molecule is FN1CC=Cc2cccnc21. The first-order chi connectivity index (χ1) is 5.38. The van der Waals surface area contributed by atoms with E-state index in [1.54, 1.807) is 18.3 Å². The molecule has 0 radical (unpaired) electrons. The number of hydrogen-bond acceptors (Lipinski definition) is 2. The maximum absolute atomic E-state index is 12.9. The van der Waals surface area contributed by atoms with Gasteiger partial charge in [0.05, 0.1) is 6.54 Å². The fraction of sp³-hybridized carbons (Fsp3) is 0.125. The van der Waals surface area contributed by atoms with Crippen molar-refractivity contribution in [3.05, 3.63) is 30.0 Å². The first kappa shape index (κ1) is 6.34. The van der Waals surface area contributed by atoms with Gasteiger partial charge in [-0.3, -0.25) is 0 Å². The van der Waals surface area contributed by atoms with E-state index in [-0.39, 0.29) is 0 Å². The molecular formula is C8H7FN2. The molecule has 2 nitrogen and oxygen atoms in total. The van der Waals surface area contributed by atoms with Crippen molar-refractivity contribution in [3.8, 4) is 0 Å². The van der Waals surface area contributed by atoms with Crippen molar-refractivity contribution in [2.45, 2.75) is 0 Å². The minimum Gasteiger partial charge on any atom is -0.236 e. The Morgan fingerprint density at radius 1 is 1.55 bits per heavy atom. The van der Waals surface area contributed by atoms with E-state index in [9.17, 15) is 4.48 Å². The van der Waals surface area contributed by atoms with E-state index in [0.29, 0.717) is 17.5 Å². The molecule has 1 aromatic heterocycles. The van der Waals surface area contributed by atoms with E-state index in [1.807, 2.05) is 12.1 Å². The van der Waals surface area contributed by atoms with Crippen LogP contribution in [0.3, 0.4) is 0 Å². The van der Waals surface area contributed by atoms with Gasteiger partial charge in [-0.2, -0.15) is 5.12 Å². The third-order valence-electron chi connectivity index (χ3n) is 1.61. The number of aromatic nitrogens is 1. The average molecular weight is 150 g/mol. The van der Waals surface area contributed by atoms with Crippen molar-refractivity contribution in [2.24, 2.45) is 0 Å². The number of nitrogens with zero attached hydrogens (tertiary/aromatic N) is 2. The Bertz CT molecular complexity index is 296. The molecule has 2 heterocycles. The molecule has 1 aliphatic heterocycles. The Labute approximate surface area is 63.9 Å². The van der Waals surface area contributed by atoms with E-state index >= 15 is 0 Å². The topological polar surface area (TPSA) is 16.1 Å². The van der Waals surface area contributed by atoms with Crippen LogP contribution < -0.4 is 5.12 Å². The number of anilines is 1. The lowest BCUT2D eigenvalue weighted by atomic mass is 10.2. The highest BCUT2D eigenvalue weighted by molar-refractivity contribution is 5.66. The molecule has 0 fully saturated rings. The Morgan fingerprint density at radius 3 is 3.27 bits per heavy atom. The van der Waals surface area contributed by atoms with Gasteiger partial charge in [-0.15, -0.1) is 0 Å². The van der Waals surface area contributed by atoms with Crippen LogP contribution in [0.5, 0.6) is 0 Å². The lowest BCUT2D eigenvalue weighted by molar-refractivity contribution is 0.447. The minimum absolute atomic E-state index is 0.296. The molecule has 3 heteroatoms. The van der Waals surface area contributed by atoms with Gasteiger partial charge in [0.15, 0.2) is 5.82 Å². The normalized spacial score (nSPS) is 14.8. The largest absolute Gasteiger partial charge is 0.236 e. The van der Waals surface area contributed by atoms with Crippen LogP contribution >= 0.6 is 0 Å². The molecule has 56 valence electrons. The minimum atomic E-state index is 0.296. The highest BCUT2D eigenvalue weighted by Gasteiger charge is 2.11. The van der Waals surface area contributed by atoms with Crippen molar-refractivity contribution >= 4 is 11.9 Å². The van der Waals surface area contributed by atoms with E-state index < -0.39 is 0 Å². The van der Waals surface area contributed by atoms with Gasteiger partial charge >= 0.3 is 0 Å². The zero-order chi connectivity index (χ0) is 7.68. The maximum atomic E-state index is 12.9. The van der Waals surface area contributed by atoms with Crippen LogP contribution in [0.25, 0.3) is 6.08 Å². The monoisotopic (exact) mass is 150 g/mol. The standard InChI is InChI=1S/C8H7FN2/c9-11-6-2-4-7-3-1-5-10-8(7)11/h1-5H,6H2. The van der Waals surface area contributed by atoms with Crippen molar-refractivity contribution in [1.82, 2.24) is 4.98 Å². The van der Waals surface area contributed by atoms with Gasteiger partial charge in [0, 0.05) is 11.8 Å². The Balaban J connectivity index is 2.54. The number of rotatable bonds is 0. The molecule has 0 saturated carbocycles. The number of hydrogen-bond donors (Lipinski definition) is 0. The number of halogens is 1. The van der Waals surface area contributed by atoms with Gasteiger partial charge < -0.3 is 0 Å². The van der Waals surface area contributed by atoms with Gasteiger partial charge in [0.1, 0.15) is 0 Å². The van der Waals surface area contributed by atoms with Gasteiger partial charge in [-0.05, 0) is 12.1 Å². The highest BCUT2D eigenvalue weighted by atomic mass is 19.2. The second-order valence-corrected chi connectivity index (χ2v) is 2.36. The van der Waals surface area contributed by atoms with Crippen molar-refractivity contribution in [2.75, 3.05) is 11.7 Å². The maximum Gasteiger partial charge on any atom is 0.164 e. The molecule has 0 N–H and O–H groups in total. The van der Waals surface area contributed by atoms with Crippen molar-refractivity contribution in [1.29, 1.82) is 0 Å². The summed E-state index contributed by atoms with van der Waals surface area (Å²) in [6.45, 7) is 0.296. The summed E-state index contributed by atoms with van der Waals surface area (Å²) in [6.07, 6.45) is 5.23. The average Bonchev–Trinajstić information content (AvgIpc) is 2.06. The molecule has 0 aliphatic carbocycles. The molecule has 0 spiro atoms. The second-order valence-electron chi connectivity index (χ2n) is 2.36. The van der Waals surface area contributed by atoms with Crippen molar-refractivity contribution in [3.63, 3.8) is 0 Å². The van der Waals surface area contributed by atoms with Crippen LogP contribution in [-0.2, 0) is 0 Å². The van der Waals surface area contributed by atoms with Crippen LogP contribution in [0.2, 0.25) is 0 Å². The summed E-state index contributed by atoms with van der Waals surface area (Å²) in [7, 11) is 0. The molecule has 2 rings (SSSR count). The predicted molar refractivity (Wildman–Crippen MR) is 41.7 cm³/mol. The summed E-state index contributed by atoms with van der Waals surface area (Å²) in [5.74, 6) is 0.412. The summed E-state index contributed by atoms with van der Waals surface area (Å²) < 4.78 is 12.9. The van der Waals surface area contributed by atoms with E-state index in [0.717, 1.165) is 5.56 Å². The van der Waals surface area contributed by atoms with Crippen LogP contribution in [0.15, 0.2) is 24.4 Å². The third-order valence-corrected chi connectivity index (χ3v) is 1.61. The molecule has 1 aromatic rings. The number of pyridine rings is 1. The summed E-state index contributed by atoms with van der Waals surface area (Å²) in [5.41, 5.74) is 0.834. The zero-order valence-corrected chi connectivity index (χ0v) is 5.87. The lowest BCUT2D eigenvalue weighted by Crippen LogP contribution is -2.16. The van der Waals surface area contributed by atoms with E-state index in [1.165, 1.54) is 0 Å². The molecule has 0 amide bonds. The lowest BCUT2D eigenvalue weighted by Gasteiger charge is -2.16. The van der Waals surface area contributed by atoms with Crippen LogP contribution in [-0.4, -0.2) is 11.5 Å². The van der Waals surface area contributed by atoms with E-state index in [2.05, 4.69) is 4.98 Å². The van der Waals surface area contributed by atoms with Crippen LogP contribution in [0, 0.1) is 0 Å². The smallest absolute Gasteiger partial charge is 0.164 e. The summed E-state index contributed by atoms with van der Waals surface area (Å²) in [6, 6.07) is 3.63. The molecule has 0 aromatic carbocycles. The summed E-state index contributed by atoms with van der Waals surface area (Å²) >= 11 is 0. The predicted octanol–water partition coefficient (Wildman–Crippen LogP) is 1.80. The Hall–Kier alpha value is -1.38. The molecule has 0 atom stereocenters. The van der Waals surface area contributed by atoms with Gasteiger partial charge in [-0.25, -0.2) is 4.98 Å². The molecular weight excluding hydrogens is 143 g/mol. The summed E-state index contributed by atoms with van der Waals surface area (Å²) in [5, 5.41) is 0.634.